The molecule has 1 fully saturated rings. The Bertz CT molecular complexity index is 920. The average molecular weight is 407 g/mol. The number of rotatable bonds is 4. The smallest absolute Gasteiger partial charge is 0.250 e. The van der Waals surface area contributed by atoms with E-state index >= 15 is 0 Å². The third kappa shape index (κ3) is 3.85. The summed E-state index contributed by atoms with van der Waals surface area (Å²) in [6.07, 6.45) is 0. The molecule has 2 aromatic rings. The zero-order valence-electron chi connectivity index (χ0n) is 18.0. The molecule has 2 amide bonds. The van der Waals surface area contributed by atoms with E-state index in [0.717, 1.165) is 38.4 Å². The Labute approximate surface area is 178 Å². The van der Waals surface area contributed by atoms with Crippen LogP contribution in [0.25, 0.3) is 0 Å². The molecule has 1 N–H and O–H groups in total. The van der Waals surface area contributed by atoms with E-state index in [9.17, 15) is 9.59 Å². The minimum absolute atomic E-state index is 0.0289. The van der Waals surface area contributed by atoms with E-state index in [1.54, 1.807) is 18.7 Å². The third-order valence-corrected chi connectivity index (χ3v) is 6.29. The van der Waals surface area contributed by atoms with E-state index in [0.29, 0.717) is 5.69 Å². The van der Waals surface area contributed by atoms with Gasteiger partial charge in [0.25, 0.3) is 0 Å². The van der Waals surface area contributed by atoms with Gasteiger partial charge in [0, 0.05) is 32.7 Å². The Hall–Kier alpha value is -2.70. The highest BCUT2D eigenvalue weighted by atomic mass is 16.2. The molecule has 2 aromatic carbocycles. The van der Waals surface area contributed by atoms with Gasteiger partial charge in [0.1, 0.15) is 5.54 Å². The maximum absolute atomic E-state index is 13.6. The molecule has 0 saturated carbocycles. The fourth-order valence-corrected chi connectivity index (χ4v) is 4.34. The number of hydrogen-bond acceptors (Lipinski definition) is 4. The zero-order valence-corrected chi connectivity index (χ0v) is 18.0. The van der Waals surface area contributed by atoms with E-state index in [-0.39, 0.29) is 17.9 Å². The molecule has 0 aliphatic carbocycles. The van der Waals surface area contributed by atoms with Crippen LogP contribution in [0.4, 0.5) is 11.4 Å². The molecule has 158 valence electrons. The molecular formula is C24H30N4O2. The molecule has 1 saturated heterocycles. The van der Waals surface area contributed by atoms with Crippen molar-refractivity contribution in [3.63, 3.8) is 0 Å². The Balaban J connectivity index is 1.45. The van der Waals surface area contributed by atoms with Crippen LogP contribution in [0.1, 0.15) is 26.3 Å². The largest absolute Gasteiger partial charge is 0.322 e. The van der Waals surface area contributed by atoms with Crippen LogP contribution in [0.3, 0.4) is 0 Å². The lowest BCUT2D eigenvalue weighted by atomic mass is 9.95. The number of nitrogens with zero attached hydrogens (tertiary/aromatic N) is 3. The van der Waals surface area contributed by atoms with Gasteiger partial charge in [0.15, 0.2) is 0 Å². The maximum Gasteiger partial charge on any atom is 0.250 e. The molecular weight excluding hydrogens is 376 g/mol. The first kappa shape index (κ1) is 20.6. The monoisotopic (exact) mass is 406 g/mol. The second kappa shape index (κ2) is 8.20. The summed E-state index contributed by atoms with van der Waals surface area (Å²) in [5.41, 5.74) is 1.83. The lowest BCUT2D eigenvalue weighted by Crippen LogP contribution is -2.63. The summed E-state index contributed by atoms with van der Waals surface area (Å²) < 4.78 is 0. The summed E-state index contributed by atoms with van der Waals surface area (Å²) in [4.78, 5) is 32.6. The number of nitrogens with one attached hydrogen (secondary N) is 1. The van der Waals surface area contributed by atoms with Gasteiger partial charge >= 0.3 is 0 Å². The van der Waals surface area contributed by atoms with Gasteiger partial charge in [-0.25, -0.2) is 0 Å². The highest BCUT2D eigenvalue weighted by Crippen LogP contribution is 2.37. The van der Waals surface area contributed by atoms with E-state index in [2.05, 4.69) is 39.4 Å². The van der Waals surface area contributed by atoms with Gasteiger partial charge in [-0.1, -0.05) is 42.5 Å². The van der Waals surface area contributed by atoms with Crippen LogP contribution in [0.5, 0.6) is 0 Å². The second-order valence-corrected chi connectivity index (χ2v) is 8.68. The number of carbonyl (C=O) groups excluding carboxylic acids is 2. The standard InChI is InChI=1S/C24H30N4O2/c1-18(27-15-13-26(14-16-27)17-19-9-5-4-6-10-19)22(29)28-21-12-8-7-11-20(21)25-23(30)24(28,2)3/h4-12,18H,13-17H2,1-3H3,(H,25,30)/t18-/m1/s1. The minimum Gasteiger partial charge on any atom is -0.322 e. The van der Waals surface area contributed by atoms with Gasteiger partial charge in [-0.15, -0.1) is 0 Å². The predicted molar refractivity (Wildman–Crippen MR) is 119 cm³/mol. The zero-order chi connectivity index (χ0) is 21.3. The van der Waals surface area contributed by atoms with Gasteiger partial charge in [-0.05, 0) is 38.5 Å². The molecule has 2 heterocycles. The Morgan fingerprint density at radius 1 is 1.00 bits per heavy atom. The minimum atomic E-state index is -0.936. The first-order chi connectivity index (χ1) is 14.4. The summed E-state index contributed by atoms with van der Waals surface area (Å²) in [5, 5.41) is 2.93. The van der Waals surface area contributed by atoms with E-state index in [1.807, 2.05) is 37.3 Å². The normalized spacial score (nSPS) is 20.4. The maximum atomic E-state index is 13.6. The molecule has 6 nitrogen and oxygen atoms in total. The Morgan fingerprint density at radius 3 is 2.33 bits per heavy atom. The first-order valence-electron chi connectivity index (χ1n) is 10.6. The molecule has 30 heavy (non-hydrogen) atoms. The van der Waals surface area contributed by atoms with E-state index in [1.165, 1.54) is 5.56 Å². The van der Waals surface area contributed by atoms with Crippen LogP contribution in [-0.4, -0.2) is 59.4 Å². The molecule has 0 aromatic heterocycles. The number of amides is 2. The van der Waals surface area contributed by atoms with Gasteiger partial charge in [0.05, 0.1) is 17.4 Å². The number of fused-ring (bicyclic) bond motifs is 1. The van der Waals surface area contributed by atoms with Crippen molar-refractivity contribution < 1.29 is 9.59 Å². The van der Waals surface area contributed by atoms with Crippen molar-refractivity contribution in [2.45, 2.75) is 38.9 Å². The van der Waals surface area contributed by atoms with Gasteiger partial charge in [-0.2, -0.15) is 0 Å². The average Bonchev–Trinajstić information content (AvgIpc) is 2.75. The number of hydrogen-bond donors (Lipinski definition) is 1. The fraction of sp³-hybridized carbons (Fsp3) is 0.417. The van der Waals surface area contributed by atoms with Crippen molar-refractivity contribution >= 4 is 23.2 Å². The van der Waals surface area contributed by atoms with Crippen LogP contribution >= 0.6 is 0 Å². The molecule has 1 atom stereocenters. The Kier molecular flexibility index (Phi) is 5.62. The highest BCUT2D eigenvalue weighted by molar-refractivity contribution is 6.15. The topological polar surface area (TPSA) is 55.9 Å². The number of anilines is 2. The molecule has 4 rings (SSSR count). The fourth-order valence-electron chi connectivity index (χ4n) is 4.34. The van der Waals surface area contributed by atoms with Crippen molar-refractivity contribution in [1.82, 2.24) is 9.80 Å². The van der Waals surface area contributed by atoms with Gasteiger partial charge in [-0.3, -0.25) is 24.3 Å². The van der Waals surface area contributed by atoms with Crippen LogP contribution in [0.15, 0.2) is 54.6 Å². The number of benzene rings is 2. The van der Waals surface area contributed by atoms with Crippen LogP contribution in [0.2, 0.25) is 0 Å². The van der Waals surface area contributed by atoms with Crippen LogP contribution in [0, 0.1) is 0 Å². The summed E-state index contributed by atoms with van der Waals surface area (Å²) in [5.74, 6) is -0.187. The van der Waals surface area contributed by atoms with Crippen LogP contribution in [-0.2, 0) is 16.1 Å². The summed E-state index contributed by atoms with van der Waals surface area (Å²) in [7, 11) is 0. The SMILES string of the molecule is C[C@H](C(=O)N1c2ccccc2NC(=O)C1(C)C)N1CCN(Cc2ccccc2)CC1. The van der Waals surface area contributed by atoms with Gasteiger partial charge < -0.3 is 5.32 Å². The Morgan fingerprint density at radius 2 is 1.63 bits per heavy atom. The molecule has 2 aliphatic rings. The van der Waals surface area contributed by atoms with Crippen molar-refractivity contribution in [3.05, 3.63) is 60.2 Å². The first-order valence-corrected chi connectivity index (χ1v) is 10.6. The summed E-state index contributed by atoms with van der Waals surface area (Å²) in [6, 6.07) is 17.7. The highest BCUT2D eigenvalue weighted by Gasteiger charge is 2.45. The van der Waals surface area contributed by atoms with E-state index < -0.39 is 5.54 Å². The third-order valence-electron chi connectivity index (χ3n) is 6.29. The van der Waals surface area contributed by atoms with E-state index in [4.69, 9.17) is 0 Å². The lowest BCUT2D eigenvalue weighted by Gasteiger charge is -2.45. The molecule has 0 spiro atoms. The number of para-hydroxylation sites is 2. The predicted octanol–water partition coefficient (Wildman–Crippen LogP) is 2.96. The van der Waals surface area contributed by atoms with Crippen molar-refractivity contribution in [2.24, 2.45) is 0 Å². The number of piperazine rings is 1. The van der Waals surface area contributed by atoms with Crippen molar-refractivity contribution in [2.75, 3.05) is 36.4 Å². The molecule has 2 aliphatic heterocycles. The second-order valence-electron chi connectivity index (χ2n) is 8.68. The quantitative estimate of drug-likeness (QED) is 0.848. The lowest BCUT2D eigenvalue weighted by molar-refractivity contribution is -0.129. The molecule has 0 radical (unpaired) electrons. The molecule has 0 unspecified atom stereocenters. The molecule has 6 heteroatoms. The van der Waals surface area contributed by atoms with Gasteiger partial charge in [0.2, 0.25) is 11.8 Å². The summed E-state index contributed by atoms with van der Waals surface area (Å²) in [6.45, 7) is 10.0. The van der Waals surface area contributed by atoms with Crippen molar-refractivity contribution in [3.8, 4) is 0 Å². The number of carbonyl (C=O) groups is 2. The van der Waals surface area contributed by atoms with Crippen LogP contribution < -0.4 is 10.2 Å². The molecule has 0 bridgehead atoms. The summed E-state index contributed by atoms with van der Waals surface area (Å²) >= 11 is 0. The van der Waals surface area contributed by atoms with Crippen molar-refractivity contribution in [1.29, 1.82) is 0 Å².